The SMILES string of the molecule is COc1ccc(CC[C@@H]2CCCN(C(=O)CSc3ccccn3)C2)cc1. The molecule has 0 aliphatic carbocycles. The predicted octanol–water partition coefficient (Wildman–Crippen LogP) is 4.05. The van der Waals surface area contributed by atoms with Crippen molar-refractivity contribution in [2.45, 2.75) is 30.7 Å². The Morgan fingerprint density at radius 1 is 1.27 bits per heavy atom. The summed E-state index contributed by atoms with van der Waals surface area (Å²) in [6.45, 7) is 1.78. The van der Waals surface area contributed by atoms with Gasteiger partial charge in [-0.25, -0.2) is 4.98 Å². The lowest BCUT2D eigenvalue weighted by molar-refractivity contribution is -0.130. The average Bonchev–Trinajstić information content (AvgIpc) is 2.72. The lowest BCUT2D eigenvalue weighted by Gasteiger charge is -2.33. The molecule has 2 heterocycles. The molecule has 0 bridgehead atoms. The van der Waals surface area contributed by atoms with Crippen LogP contribution in [0.1, 0.15) is 24.8 Å². The molecule has 0 unspecified atom stereocenters. The van der Waals surface area contributed by atoms with Gasteiger partial charge in [0.15, 0.2) is 0 Å². The predicted molar refractivity (Wildman–Crippen MR) is 106 cm³/mol. The van der Waals surface area contributed by atoms with E-state index in [1.807, 2.05) is 35.2 Å². The number of carbonyl (C=O) groups is 1. The molecule has 1 aliphatic rings. The van der Waals surface area contributed by atoms with Crippen molar-refractivity contribution in [3.05, 3.63) is 54.2 Å². The Balaban J connectivity index is 1.44. The molecule has 1 atom stereocenters. The van der Waals surface area contributed by atoms with Crippen molar-refractivity contribution in [2.75, 3.05) is 26.0 Å². The molecule has 1 amide bonds. The van der Waals surface area contributed by atoms with Gasteiger partial charge in [0.1, 0.15) is 5.75 Å². The molecule has 4 nitrogen and oxygen atoms in total. The average molecular weight is 371 g/mol. The number of carbonyl (C=O) groups excluding carboxylic acids is 1. The van der Waals surface area contributed by atoms with E-state index in [4.69, 9.17) is 4.74 Å². The lowest BCUT2D eigenvalue weighted by Crippen LogP contribution is -2.41. The molecule has 0 spiro atoms. The maximum absolute atomic E-state index is 12.5. The Morgan fingerprint density at radius 2 is 2.12 bits per heavy atom. The highest BCUT2D eigenvalue weighted by Gasteiger charge is 2.23. The van der Waals surface area contributed by atoms with Crippen LogP contribution < -0.4 is 4.74 Å². The zero-order valence-electron chi connectivity index (χ0n) is 15.3. The van der Waals surface area contributed by atoms with Gasteiger partial charge in [0.2, 0.25) is 5.91 Å². The summed E-state index contributed by atoms with van der Waals surface area (Å²) >= 11 is 1.52. The molecule has 1 aromatic carbocycles. The maximum atomic E-state index is 12.5. The van der Waals surface area contributed by atoms with Crippen LogP contribution in [0.4, 0.5) is 0 Å². The first-order valence-electron chi connectivity index (χ1n) is 9.19. The number of benzene rings is 1. The number of nitrogens with zero attached hydrogens (tertiary/aromatic N) is 2. The summed E-state index contributed by atoms with van der Waals surface area (Å²) in [7, 11) is 1.69. The highest BCUT2D eigenvalue weighted by atomic mass is 32.2. The molecule has 0 radical (unpaired) electrons. The number of piperidine rings is 1. The second kappa shape index (κ2) is 9.62. The smallest absolute Gasteiger partial charge is 0.232 e. The second-order valence-corrected chi connectivity index (χ2v) is 7.69. The third kappa shape index (κ3) is 5.49. The van der Waals surface area contributed by atoms with E-state index in [2.05, 4.69) is 17.1 Å². The van der Waals surface area contributed by atoms with Gasteiger partial charge in [-0.1, -0.05) is 30.0 Å². The van der Waals surface area contributed by atoms with Crippen LogP contribution >= 0.6 is 11.8 Å². The van der Waals surface area contributed by atoms with Gasteiger partial charge in [0, 0.05) is 19.3 Å². The van der Waals surface area contributed by atoms with E-state index < -0.39 is 0 Å². The number of methoxy groups -OCH3 is 1. The van der Waals surface area contributed by atoms with E-state index in [0.717, 1.165) is 43.1 Å². The van der Waals surface area contributed by atoms with Crippen LogP contribution in [0.2, 0.25) is 0 Å². The normalized spacial score (nSPS) is 17.1. The lowest BCUT2D eigenvalue weighted by atomic mass is 9.91. The standard InChI is InChI=1S/C21H26N2O2S/c1-25-19-11-9-17(10-12-19)7-8-18-5-4-14-23(15-18)21(24)16-26-20-6-2-3-13-22-20/h2-3,6,9-13,18H,4-5,7-8,14-16H2,1H3/t18-/m0/s1. The van der Waals surface area contributed by atoms with Crippen LogP contribution in [0.5, 0.6) is 5.75 Å². The number of pyridine rings is 1. The van der Waals surface area contributed by atoms with Crippen molar-refractivity contribution in [1.82, 2.24) is 9.88 Å². The fourth-order valence-corrected chi connectivity index (χ4v) is 4.11. The van der Waals surface area contributed by atoms with Crippen molar-refractivity contribution in [3.63, 3.8) is 0 Å². The van der Waals surface area contributed by atoms with Crippen molar-refractivity contribution < 1.29 is 9.53 Å². The Hall–Kier alpha value is -2.01. The van der Waals surface area contributed by atoms with E-state index in [1.54, 1.807) is 13.3 Å². The van der Waals surface area contributed by atoms with Gasteiger partial charge in [-0.15, -0.1) is 0 Å². The van der Waals surface area contributed by atoms with Gasteiger partial charge >= 0.3 is 0 Å². The number of hydrogen-bond acceptors (Lipinski definition) is 4. The van der Waals surface area contributed by atoms with E-state index >= 15 is 0 Å². The molecular weight excluding hydrogens is 344 g/mol. The monoisotopic (exact) mass is 370 g/mol. The van der Waals surface area contributed by atoms with Crippen LogP contribution in [-0.2, 0) is 11.2 Å². The molecule has 0 N–H and O–H groups in total. The summed E-state index contributed by atoms with van der Waals surface area (Å²) < 4.78 is 5.21. The molecule has 1 aliphatic heterocycles. The minimum atomic E-state index is 0.231. The molecule has 1 saturated heterocycles. The zero-order chi connectivity index (χ0) is 18.2. The summed E-state index contributed by atoms with van der Waals surface area (Å²) in [6, 6.07) is 14.1. The second-order valence-electron chi connectivity index (χ2n) is 6.69. The number of aromatic nitrogens is 1. The van der Waals surface area contributed by atoms with Gasteiger partial charge < -0.3 is 9.64 Å². The van der Waals surface area contributed by atoms with Gasteiger partial charge in [-0.2, -0.15) is 0 Å². The maximum Gasteiger partial charge on any atom is 0.232 e. The highest BCUT2D eigenvalue weighted by molar-refractivity contribution is 7.99. The minimum absolute atomic E-state index is 0.231. The zero-order valence-corrected chi connectivity index (χ0v) is 16.1. The Morgan fingerprint density at radius 3 is 2.85 bits per heavy atom. The van der Waals surface area contributed by atoms with Gasteiger partial charge in [-0.3, -0.25) is 4.79 Å². The number of ether oxygens (including phenoxy) is 1. The number of rotatable bonds is 7. The first kappa shape index (κ1) is 18.8. The van der Waals surface area contributed by atoms with Gasteiger partial charge in [-0.05, 0) is 61.4 Å². The molecule has 3 rings (SSSR count). The molecule has 2 aromatic rings. The number of aryl methyl sites for hydroxylation is 1. The molecular formula is C21H26N2O2S. The number of amides is 1. The summed E-state index contributed by atoms with van der Waals surface area (Å²) in [6.07, 6.45) is 6.27. The van der Waals surface area contributed by atoms with Crippen LogP contribution in [-0.4, -0.2) is 41.7 Å². The number of hydrogen-bond donors (Lipinski definition) is 0. The topological polar surface area (TPSA) is 42.4 Å². The number of likely N-dealkylation sites (tertiary alicyclic amines) is 1. The minimum Gasteiger partial charge on any atom is -0.497 e. The van der Waals surface area contributed by atoms with Crippen molar-refractivity contribution in [1.29, 1.82) is 0 Å². The Labute approximate surface area is 160 Å². The van der Waals surface area contributed by atoms with Crippen LogP contribution in [0.15, 0.2) is 53.7 Å². The summed E-state index contributed by atoms with van der Waals surface area (Å²) in [5.41, 5.74) is 1.33. The Bertz CT molecular complexity index is 691. The Kier molecular flexibility index (Phi) is 6.95. The third-order valence-corrected chi connectivity index (χ3v) is 5.78. The first-order valence-corrected chi connectivity index (χ1v) is 10.2. The van der Waals surface area contributed by atoms with E-state index in [-0.39, 0.29) is 5.91 Å². The fourth-order valence-electron chi connectivity index (χ4n) is 3.35. The molecule has 1 fully saturated rings. The third-order valence-electron chi connectivity index (χ3n) is 4.85. The molecule has 138 valence electrons. The molecule has 1 aromatic heterocycles. The van der Waals surface area contributed by atoms with Gasteiger partial charge in [0.25, 0.3) is 0 Å². The number of thioether (sulfide) groups is 1. The van der Waals surface area contributed by atoms with E-state index in [9.17, 15) is 4.79 Å². The van der Waals surface area contributed by atoms with Crippen molar-refractivity contribution in [3.8, 4) is 5.75 Å². The molecule has 26 heavy (non-hydrogen) atoms. The summed E-state index contributed by atoms with van der Waals surface area (Å²) in [4.78, 5) is 18.8. The first-order chi connectivity index (χ1) is 12.7. The van der Waals surface area contributed by atoms with Crippen LogP contribution in [0.3, 0.4) is 0 Å². The summed E-state index contributed by atoms with van der Waals surface area (Å²) in [5, 5.41) is 0.911. The molecule has 0 saturated carbocycles. The fraction of sp³-hybridized carbons (Fsp3) is 0.429. The van der Waals surface area contributed by atoms with Crippen LogP contribution in [0.25, 0.3) is 0 Å². The quantitative estimate of drug-likeness (QED) is 0.690. The van der Waals surface area contributed by atoms with E-state index in [0.29, 0.717) is 11.7 Å². The largest absolute Gasteiger partial charge is 0.497 e. The van der Waals surface area contributed by atoms with E-state index in [1.165, 1.54) is 23.7 Å². The van der Waals surface area contributed by atoms with Crippen LogP contribution in [0, 0.1) is 5.92 Å². The molecule has 5 heteroatoms. The van der Waals surface area contributed by atoms with Gasteiger partial charge in [0.05, 0.1) is 17.9 Å². The summed E-state index contributed by atoms with van der Waals surface area (Å²) in [5.74, 6) is 2.19. The van der Waals surface area contributed by atoms with Crippen molar-refractivity contribution >= 4 is 17.7 Å². The highest BCUT2D eigenvalue weighted by Crippen LogP contribution is 2.24. The van der Waals surface area contributed by atoms with Crippen molar-refractivity contribution in [2.24, 2.45) is 5.92 Å².